The maximum Gasteiger partial charge on any atom is 0.348 e. The van der Waals surface area contributed by atoms with Crippen molar-refractivity contribution in [1.82, 2.24) is 0 Å². The first-order chi connectivity index (χ1) is 10.8. The molecule has 1 fully saturated rings. The van der Waals surface area contributed by atoms with Gasteiger partial charge in [0, 0.05) is 5.92 Å². The number of rotatable bonds is 6. The molecule has 6 nitrogen and oxygen atoms in total. The van der Waals surface area contributed by atoms with Crippen molar-refractivity contribution >= 4 is 34.2 Å². The Labute approximate surface area is 139 Å². The van der Waals surface area contributed by atoms with Crippen molar-refractivity contribution in [2.24, 2.45) is 5.92 Å². The Balaban J connectivity index is 2.35. The lowest BCUT2D eigenvalue weighted by Gasteiger charge is -2.07. The number of esters is 2. The highest BCUT2D eigenvalue weighted by Crippen LogP contribution is 2.37. The molecule has 0 aromatic carbocycles. The van der Waals surface area contributed by atoms with Gasteiger partial charge < -0.3 is 14.8 Å². The van der Waals surface area contributed by atoms with Crippen LogP contribution in [0.15, 0.2) is 0 Å². The highest BCUT2D eigenvalue weighted by molar-refractivity contribution is 7.18. The molecule has 1 aliphatic carbocycles. The summed E-state index contributed by atoms with van der Waals surface area (Å²) in [4.78, 5) is 36.7. The number of carbonyl (C=O) groups excluding carboxylic acids is 3. The molecule has 23 heavy (non-hydrogen) atoms. The van der Waals surface area contributed by atoms with Crippen LogP contribution in [0.5, 0.6) is 0 Å². The second kappa shape index (κ2) is 7.12. The molecule has 1 aliphatic rings. The average Bonchev–Trinajstić information content (AvgIpc) is 3.23. The van der Waals surface area contributed by atoms with Crippen LogP contribution in [0.3, 0.4) is 0 Å². The van der Waals surface area contributed by atoms with Gasteiger partial charge in [0.15, 0.2) is 0 Å². The molecule has 0 aliphatic heterocycles. The van der Waals surface area contributed by atoms with E-state index in [1.54, 1.807) is 27.7 Å². The number of anilines is 1. The number of carbonyl (C=O) groups is 3. The molecular formula is C16H21NO5S. The number of hydrogen-bond acceptors (Lipinski definition) is 6. The molecular weight excluding hydrogens is 318 g/mol. The van der Waals surface area contributed by atoms with Gasteiger partial charge in [-0.3, -0.25) is 4.79 Å². The van der Waals surface area contributed by atoms with Crippen LogP contribution in [0, 0.1) is 12.8 Å². The molecule has 1 amide bonds. The molecule has 0 saturated heterocycles. The average molecular weight is 339 g/mol. The van der Waals surface area contributed by atoms with Crippen LogP contribution in [0.4, 0.5) is 5.00 Å². The minimum atomic E-state index is -0.545. The van der Waals surface area contributed by atoms with E-state index in [4.69, 9.17) is 9.47 Å². The van der Waals surface area contributed by atoms with Gasteiger partial charge in [-0.1, -0.05) is 0 Å². The first kappa shape index (κ1) is 17.5. The monoisotopic (exact) mass is 339 g/mol. The second-order valence-corrected chi connectivity index (χ2v) is 6.72. The summed E-state index contributed by atoms with van der Waals surface area (Å²) in [5.74, 6) is -1.17. The smallest absolute Gasteiger partial charge is 0.348 e. The Kier molecular flexibility index (Phi) is 5.41. The van der Waals surface area contributed by atoms with Crippen LogP contribution in [0.2, 0.25) is 0 Å². The fraction of sp³-hybridized carbons (Fsp3) is 0.562. The van der Waals surface area contributed by atoms with Crippen molar-refractivity contribution in [3.63, 3.8) is 0 Å². The van der Waals surface area contributed by atoms with Gasteiger partial charge in [0.2, 0.25) is 5.91 Å². The van der Waals surface area contributed by atoms with Gasteiger partial charge in [-0.15, -0.1) is 11.3 Å². The lowest BCUT2D eigenvalue weighted by molar-refractivity contribution is -0.117. The normalized spacial score (nSPS) is 13.8. The molecule has 1 aromatic heterocycles. The Bertz CT molecular complexity index is 631. The summed E-state index contributed by atoms with van der Waals surface area (Å²) in [5, 5.41) is 3.11. The fourth-order valence-corrected chi connectivity index (χ4v) is 3.15. The standard InChI is InChI=1S/C16H21NO5S/c1-5-21-15(19)11-9(4)12(16(20)22-8(2)3)23-14(11)17-13(18)10-6-7-10/h8,10H,5-7H2,1-4H3,(H,17,18). The predicted octanol–water partition coefficient (Wildman–Crippen LogP) is 3.15. The van der Waals surface area contributed by atoms with Gasteiger partial charge in [0.25, 0.3) is 0 Å². The Morgan fingerprint density at radius 2 is 1.91 bits per heavy atom. The first-order valence-corrected chi connectivity index (χ1v) is 8.49. The minimum Gasteiger partial charge on any atom is -0.462 e. The van der Waals surface area contributed by atoms with E-state index in [9.17, 15) is 14.4 Å². The predicted molar refractivity (Wildman–Crippen MR) is 86.9 cm³/mol. The summed E-state index contributed by atoms with van der Waals surface area (Å²) in [6.07, 6.45) is 1.44. The van der Waals surface area contributed by atoms with Crippen LogP contribution in [0.25, 0.3) is 0 Å². The summed E-state index contributed by atoms with van der Waals surface area (Å²) in [5.41, 5.74) is 0.715. The molecule has 1 aromatic rings. The van der Waals surface area contributed by atoms with Crippen molar-refractivity contribution in [2.75, 3.05) is 11.9 Å². The number of hydrogen-bond donors (Lipinski definition) is 1. The van der Waals surface area contributed by atoms with Gasteiger partial charge in [-0.25, -0.2) is 9.59 Å². The lowest BCUT2D eigenvalue weighted by Crippen LogP contribution is -2.16. The number of ether oxygens (including phenoxy) is 2. The van der Waals surface area contributed by atoms with Gasteiger partial charge >= 0.3 is 11.9 Å². The van der Waals surface area contributed by atoms with E-state index < -0.39 is 11.9 Å². The number of nitrogens with one attached hydrogen (secondary N) is 1. The Morgan fingerprint density at radius 1 is 1.26 bits per heavy atom. The van der Waals surface area contributed by atoms with Crippen molar-refractivity contribution in [2.45, 2.75) is 46.6 Å². The molecule has 1 saturated carbocycles. The van der Waals surface area contributed by atoms with Gasteiger partial charge in [-0.05, 0) is 46.1 Å². The van der Waals surface area contributed by atoms with Crippen LogP contribution >= 0.6 is 11.3 Å². The highest BCUT2D eigenvalue weighted by atomic mass is 32.1. The van der Waals surface area contributed by atoms with Crippen molar-refractivity contribution in [1.29, 1.82) is 0 Å². The van der Waals surface area contributed by atoms with Crippen LogP contribution in [0.1, 0.15) is 59.2 Å². The summed E-state index contributed by atoms with van der Waals surface area (Å²) >= 11 is 1.06. The van der Waals surface area contributed by atoms with Crippen LogP contribution < -0.4 is 5.32 Å². The highest BCUT2D eigenvalue weighted by Gasteiger charge is 2.33. The summed E-state index contributed by atoms with van der Waals surface area (Å²) < 4.78 is 10.2. The molecule has 1 heterocycles. The molecule has 1 N–H and O–H groups in total. The van der Waals surface area contributed by atoms with E-state index in [-0.39, 0.29) is 30.1 Å². The molecule has 2 rings (SSSR count). The summed E-state index contributed by atoms with van der Waals surface area (Å²) in [6.45, 7) is 7.09. The van der Waals surface area contributed by atoms with E-state index in [0.29, 0.717) is 15.4 Å². The molecule has 0 unspecified atom stereocenters. The van der Waals surface area contributed by atoms with E-state index >= 15 is 0 Å². The summed E-state index contributed by atoms with van der Waals surface area (Å²) in [6, 6.07) is 0. The third-order valence-electron chi connectivity index (χ3n) is 3.34. The Hall–Kier alpha value is -1.89. The quantitative estimate of drug-likeness (QED) is 0.805. The van der Waals surface area contributed by atoms with E-state index in [2.05, 4.69) is 5.32 Å². The van der Waals surface area contributed by atoms with E-state index in [1.165, 1.54) is 0 Å². The zero-order valence-corrected chi connectivity index (χ0v) is 14.5. The molecule has 0 radical (unpaired) electrons. The zero-order valence-electron chi connectivity index (χ0n) is 13.7. The third-order valence-corrected chi connectivity index (χ3v) is 4.53. The molecule has 0 bridgehead atoms. The Morgan fingerprint density at radius 3 is 2.43 bits per heavy atom. The molecule has 126 valence electrons. The van der Waals surface area contributed by atoms with Crippen LogP contribution in [-0.2, 0) is 14.3 Å². The SMILES string of the molecule is CCOC(=O)c1c(NC(=O)C2CC2)sc(C(=O)OC(C)C)c1C. The van der Waals surface area contributed by atoms with Crippen LogP contribution in [-0.4, -0.2) is 30.6 Å². The third kappa shape index (κ3) is 4.10. The maximum atomic E-state index is 12.2. The van der Waals surface area contributed by atoms with Crippen molar-refractivity contribution in [3.8, 4) is 0 Å². The topological polar surface area (TPSA) is 81.7 Å². The van der Waals surface area contributed by atoms with Gasteiger partial charge in [0.05, 0.1) is 18.3 Å². The number of amides is 1. The zero-order chi connectivity index (χ0) is 17.1. The van der Waals surface area contributed by atoms with Gasteiger partial charge in [-0.2, -0.15) is 0 Å². The lowest BCUT2D eigenvalue weighted by atomic mass is 10.1. The largest absolute Gasteiger partial charge is 0.462 e. The maximum absolute atomic E-state index is 12.2. The molecule has 7 heteroatoms. The van der Waals surface area contributed by atoms with Crippen molar-refractivity contribution < 1.29 is 23.9 Å². The van der Waals surface area contributed by atoms with E-state index in [0.717, 1.165) is 24.2 Å². The molecule has 0 atom stereocenters. The minimum absolute atomic E-state index is 0.00137. The fourth-order valence-electron chi connectivity index (χ4n) is 2.07. The summed E-state index contributed by atoms with van der Waals surface area (Å²) in [7, 11) is 0. The molecule has 0 spiro atoms. The number of thiophene rings is 1. The van der Waals surface area contributed by atoms with Crippen molar-refractivity contribution in [3.05, 3.63) is 16.0 Å². The first-order valence-electron chi connectivity index (χ1n) is 7.67. The second-order valence-electron chi connectivity index (χ2n) is 5.70. The van der Waals surface area contributed by atoms with E-state index in [1.807, 2.05) is 0 Å². The van der Waals surface area contributed by atoms with Gasteiger partial charge in [0.1, 0.15) is 9.88 Å².